The van der Waals surface area contributed by atoms with Crippen LogP contribution in [0.4, 0.5) is 0 Å². The monoisotopic (exact) mass is 293 g/mol. The Morgan fingerprint density at radius 3 is 2.43 bits per heavy atom. The van der Waals surface area contributed by atoms with Crippen LogP contribution in [0.1, 0.15) is 18.9 Å². The van der Waals surface area contributed by atoms with Crippen LogP contribution in [0.25, 0.3) is 0 Å². The van der Waals surface area contributed by atoms with Gasteiger partial charge < -0.3 is 21.5 Å². The summed E-state index contributed by atoms with van der Waals surface area (Å²) < 4.78 is 0. The summed E-state index contributed by atoms with van der Waals surface area (Å²) in [6.07, 6.45) is -0.266. The molecule has 0 aliphatic heterocycles. The smallest absolute Gasteiger partial charge is 0.325 e. The Balaban J connectivity index is 2.37. The summed E-state index contributed by atoms with van der Waals surface area (Å²) in [6.45, 7) is 1.65. The molecule has 0 fully saturated rings. The lowest BCUT2D eigenvalue weighted by molar-refractivity contribution is -0.141. The fourth-order valence-corrected chi connectivity index (χ4v) is 1.57. The lowest BCUT2D eigenvalue weighted by atomic mass is 10.1. The zero-order chi connectivity index (χ0) is 15.8. The molecule has 2 atom stereocenters. The summed E-state index contributed by atoms with van der Waals surface area (Å²) in [5, 5.41) is 13.5. The summed E-state index contributed by atoms with van der Waals surface area (Å²) in [7, 11) is 0. The van der Waals surface area contributed by atoms with Crippen molar-refractivity contribution >= 4 is 17.8 Å². The number of carboxylic acid groups (broad SMARTS) is 1. The van der Waals surface area contributed by atoms with Crippen molar-refractivity contribution in [2.75, 3.05) is 0 Å². The highest BCUT2D eigenvalue weighted by Gasteiger charge is 2.20. The van der Waals surface area contributed by atoms with Gasteiger partial charge in [-0.15, -0.1) is 0 Å². The number of benzene rings is 1. The molecule has 1 rings (SSSR count). The van der Waals surface area contributed by atoms with Crippen LogP contribution >= 0.6 is 0 Å². The van der Waals surface area contributed by atoms with Gasteiger partial charge in [0, 0.05) is 6.54 Å². The number of amides is 2. The van der Waals surface area contributed by atoms with Crippen LogP contribution in [0.2, 0.25) is 0 Å². The SMILES string of the molecule is C[C@H](NC(=O)C[C@H](N)C(=O)NCc1ccccc1)C(=O)O. The van der Waals surface area contributed by atoms with E-state index < -0.39 is 29.9 Å². The van der Waals surface area contributed by atoms with Crippen LogP contribution in [-0.2, 0) is 20.9 Å². The van der Waals surface area contributed by atoms with Gasteiger partial charge in [0.1, 0.15) is 6.04 Å². The van der Waals surface area contributed by atoms with E-state index in [1.807, 2.05) is 30.3 Å². The zero-order valence-corrected chi connectivity index (χ0v) is 11.7. The fourth-order valence-electron chi connectivity index (χ4n) is 1.57. The van der Waals surface area contributed by atoms with Gasteiger partial charge in [0.2, 0.25) is 11.8 Å². The molecule has 21 heavy (non-hydrogen) atoms. The molecule has 7 heteroatoms. The Bertz CT molecular complexity index is 504. The molecule has 0 saturated heterocycles. The predicted octanol–water partition coefficient (Wildman–Crippen LogP) is -0.390. The van der Waals surface area contributed by atoms with Crippen molar-refractivity contribution < 1.29 is 19.5 Å². The Hall–Kier alpha value is -2.41. The molecule has 0 bridgehead atoms. The first-order chi connectivity index (χ1) is 9.90. The molecule has 5 N–H and O–H groups in total. The first-order valence-corrected chi connectivity index (χ1v) is 6.49. The van der Waals surface area contributed by atoms with Gasteiger partial charge in [0.15, 0.2) is 0 Å². The van der Waals surface area contributed by atoms with E-state index in [0.29, 0.717) is 6.54 Å². The van der Waals surface area contributed by atoms with Crippen molar-refractivity contribution in [3.05, 3.63) is 35.9 Å². The highest BCUT2D eigenvalue weighted by molar-refractivity contribution is 5.89. The first-order valence-electron chi connectivity index (χ1n) is 6.49. The van der Waals surface area contributed by atoms with Crippen LogP contribution in [0.15, 0.2) is 30.3 Å². The van der Waals surface area contributed by atoms with E-state index >= 15 is 0 Å². The molecule has 2 amide bonds. The molecular weight excluding hydrogens is 274 g/mol. The molecule has 0 saturated carbocycles. The van der Waals surface area contributed by atoms with E-state index in [2.05, 4.69) is 10.6 Å². The third kappa shape index (κ3) is 6.05. The number of rotatable bonds is 7. The summed E-state index contributed by atoms with van der Waals surface area (Å²) >= 11 is 0. The third-order valence-electron chi connectivity index (χ3n) is 2.80. The van der Waals surface area contributed by atoms with E-state index in [1.165, 1.54) is 6.92 Å². The highest BCUT2D eigenvalue weighted by Crippen LogP contribution is 1.98. The van der Waals surface area contributed by atoms with Gasteiger partial charge in [0.05, 0.1) is 12.5 Å². The quantitative estimate of drug-likeness (QED) is 0.545. The second-order valence-corrected chi connectivity index (χ2v) is 4.64. The summed E-state index contributed by atoms with van der Waals surface area (Å²) in [5.41, 5.74) is 6.53. The molecular formula is C14H19N3O4. The minimum absolute atomic E-state index is 0.266. The molecule has 1 aromatic carbocycles. The maximum absolute atomic E-state index is 11.7. The number of carboxylic acids is 1. The largest absolute Gasteiger partial charge is 0.480 e. The van der Waals surface area contributed by atoms with Crippen molar-refractivity contribution in [2.24, 2.45) is 5.73 Å². The van der Waals surface area contributed by atoms with E-state index in [1.54, 1.807) is 0 Å². The van der Waals surface area contributed by atoms with Gasteiger partial charge in [-0.1, -0.05) is 30.3 Å². The lowest BCUT2D eigenvalue weighted by Crippen LogP contribution is -2.46. The molecule has 0 aliphatic carbocycles. The summed E-state index contributed by atoms with van der Waals surface area (Å²) in [6, 6.07) is 7.24. The molecule has 0 aliphatic rings. The standard InChI is InChI=1S/C14H19N3O4/c1-9(14(20)21)17-12(18)7-11(15)13(19)16-8-10-5-3-2-4-6-10/h2-6,9,11H,7-8,15H2,1H3,(H,16,19)(H,17,18)(H,20,21)/t9-,11-/m0/s1. The number of carbonyl (C=O) groups is 3. The zero-order valence-electron chi connectivity index (χ0n) is 11.7. The topological polar surface area (TPSA) is 122 Å². The summed E-state index contributed by atoms with van der Waals surface area (Å²) in [4.78, 5) is 33.8. The molecule has 0 radical (unpaired) electrons. The summed E-state index contributed by atoms with van der Waals surface area (Å²) in [5.74, 6) is -2.19. The Labute approximate surface area is 122 Å². The fraction of sp³-hybridized carbons (Fsp3) is 0.357. The molecule has 1 aromatic rings. The minimum atomic E-state index is -1.15. The van der Waals surface area contributed by atoms with Crippen molar-refractivity contribution in [3.8, 4) is 0 Å². The predicted molar refractivity (Wildman–Crippen MR) is 76.1 cm³/mol. The molecule has 0 heterocycles. The van der Waals surface area contributed by atoms with Gasteiger partial charge in [-0.3, -0.25) is 14.4 Å². The van der Waals surface area contributed by atoms with E-state index in [0.717, 1.165) is 5.56 Å². The number of nitrogens with two attached hydrogens (primary N) is 1. The number of hydrogen-bond donors (Lipinski definition) is 4. The average Bonchev–Trinajstić information content (AvgIpc) is 2.45. The molecule has 0 aromatic heterocycles. The van der Waals surface area contributed by atoms with Gasteiger partial charge in [-0.25, -0.2) is 0 Å². The second kappa shape index (κ2) is 8.01. The third-order valence-corrected chi connectivity index (χ3v) is 2.80. The van der Waals surface area contributed by atoms with Gasteiger partial charge in [-0.05, 0) is 12.5 Å². The number of hydrogen-bond acceptors (Lipinski definition) is 4. The van der Waals surface area contributed by atoms with E-state index in [-0.39, 0.29) is 6.42 Å². The van der Waals surface area contributed by atoms with Gasteiger partial charge in [0.25, 0.3) is 0 Å². The van der Waals surface area contributed by atoms with E-state index in [4.69, 9.17) is 10.8 Å². The van der Waals surface area contributed by atoms with Gasteiger partial charge >= 0.3 is 5.97 Å². The van der Waals surface area contributed by atoms with Crippen LogP contribution in [0, 0.1) is 0 Å². The number of aliphatic carboxylic acids is 1. The van der Waals surface area contributed by atoms with Crippen molar-refractivity contribution in [1.29, 1.82) is 0 Å². The van der Waals surface area contributed by atoms with Crippen molar-refractivity contribution in [1.82, 2.24) is 10.6 Å². The van der Waals surface area contributed by atoms with E-state index in [9.17, 15) is 14.4 Å². The normalized spacial score (nSPS) is 13.0. The maximum Gasteiger partial charge on any atom is 0.325 e. The van der Waals surface area contributed by atoms with Crippen LogP contribution in [-0.4, -0.2) is 35.0 Å². The molecule has 0 spiro atoms. The van der Waals surface area contributed by atoms with Crippen LogP contribution in [0.5, 0.6) is 0 Å². The average molecular weight is 293 g/mol. The molecule has 0 unspecified atom stereocenters. The minimum Gasteiger partial charge on any atom is -0.480 e. The first kappa shape index (κ1) is 16.6. The van der Waals surface area contributed by atoms with Crippen molar-refractivity contribution in [2.45, 2.75) is 32.0 Å². The van der Waals surface area contributed by atoms with Gasteiger partial charge in [-0.2, -0.15) is 0 Å². The van der Waals surface area contributed by atoms with Crippen molar-refractivity contribution in [3.63, 3.8) is 0 Å². The molecule has 7 nitrogen and oxygen atoms in total. The van der Waals surface area contributed by atoms with Crippen LogP contribution < -0.4 is 16.4 Å². The Morgan fingerprint density at radius 1 is 1.24 bits per heavy atom. The Morgan fingerprint density at radius 2 is 1.86 bits per heavy atom. The Kier molecular flexibility index (Phi) is 6.35. The van der Waals surface area contributed by atoms with Crippen LogP contribution in [0.3, 0.4) is 0 Å². The maximum atomic E-state index is 11.7. The molecule has 114 valence electrons. The number of nitrogens with one attached hydrogen (secondary N) is 2. The highest BCUT2D eigenvalue weighted by atomic mass is 16.4. The second-order valence-electron chi connectivity index (χ2n) is 4.64. The lowest BCUT2D eigenvalue weighted by Gasteiger charge is -2.14. The number of carbonyl (C=O) groups excluding carboxylic acids is 2.